The van der Waals surface area contributed by atoms with Crippen LogP contribution in [0.25, 0.3) is 0 Å². The van der Waals surface area contributed by atoms with Crippen LogP contribution in [-0.4, -0.2) is 33.1 Å². The van der Waals surface area contributed by atoms with Crippen molar-refractivity contribution in [1.82, 2.24) is 4.90 Å². The summed E-state index contributed by atoms with van der Waals surface area (Å²) in [4.78, 5) is 6.79. The van der Waals surface area contributed by atoms with Crippen LogP contribution in [0.1, 0.15) is 22.3 Å². The molecule has 0 atom stereocenters. The van der Waals surface area contributed by atoms with Gasteiger partial charge in [-0.3, -0.25) is 4.90 Å². The summed E-state index contributed by atoms with van der Waals surface area (Å²) in [5.41, 5.74) is 7.81. The third-order valence-corrected chi connectivity index (χ3v) is 5.24. The predicted octanol–water partition coefficient (Wildman–Crippen LogP) is 5.33. The Morgan fingerprint density at radius 2 is 0.793 bits per heavy atom. The second-order valence-electron chi connectivity index (χ2n) is 8.25. The molecule has 0 fully saturated rings. The topological polar surface area (TPSA) is 9.72 Å². The zero-order valence-electron chi connectivity index (χ0n) is 18.4. The molecule has 0 amide bonds. The van der Waals surface area contributed by atoms with Crippen LogP contribution in [-0.2, 0) is 19.6 Å². The molecule has 3 aromatic carbocycles. The monoisotopic (exact) mass is 387 g/mol. The van der Waals surface area contributed by atoms with Gasteiger partial charge in [0.25, 0.3) is 0 Å². The third-order valence-electron chi connectivity index (χ3n) is 5.24. The molecular formula is C26H33N3. The Morgan fingerprint density at radius 1 is 0.483 bits per heavy atom. The van der Waals surface area contributed by atoms with E-state index in [0.717, 1.165) is 19.6 Å². The SMILES string of the molecule is Cc1ccc(CN(Cc2ccc(N(C)C)cc2)Cc2ccc(N(C)C)cc2)cc1. The number of hydrogen-bond donors (Lipinski definition) is 0. The first kappa shape index (κ1) is 20.9. The molecule has 0 heterocycles. The summed E-state index contributed by atoms with van der Waals surface area (Å²) in [6, 6.07) is 26.7. The first-order valence-electron chi connectivity index (χ1n) is 10.2. The van der Waals surface area contributed by atoms with Gasteiger partial charge in [0, 0.05) is 59.2 Å². The molecule has 0 aromatic heterocycles. The van der Waals surface area contributed by atoms with Gasteiger partial charge in [-0.2, -0.15) is 0 Å². The van der Waals surface area contributed by atoms with Crippen molar-refractivity contribution >= 4 is 11.4 Å². The molecule has 29 heavy (non-hydrogen) atoms. The Balaban J connectivity index is 1.77. The van der Waals surface area contributed by atoms with Gasteiger partial charge in [0.1, 0.15) is 0 Å². The summed E-state index contributed by atoms with van der Waals surface area (Å²) in [6.45, 7) is 4.93. The minimum atomic E-state index is 0.928. The second kappa shape index (κ2) is 9.62. The molecule has 0 spiro atoms. The minimum absolute atomic E-state index is 0.928. The Bertz CT molecular complexity index is 825. The lowest BCUT2D eigenvalue weighted by Crippen LogP contribution is -2.22. The lowest BCUT2D eigenvalue weighted by molar-refractivity contribution is 0.247. The fraction of sp³-hybridized carbons (Fsp3) is 0.308. The molecule has 0 aliphatic heterocycles. The van der Waals surface area contributed by atoms with Gasteiger partial charge >= 0.3 is 0 Å². The Labute approximate surface area is 176 Å². The van der Waals surface area contributed by atoms with Crippen LogP contribution in [0.4, 0.5) is 11.4 Å². The Kier molecular flexibility index (Phi) is 6.95. The molecule has 152 valence electrons. The van der Waals surface area contributed by atoms with Crippen LogP contribution in [0.5, 0.6) is 0 Å². The molecule has 0 saturated carbocycles. The van der Waals surface area contributed by atoms with Crippen LogP contribution in [0.3, 0.4) is 0 Å². The highest BCUT2D eigenvalue weighted by Crippen LogP contribution is 2.19. The van der Waals surface area contributed by atoms with Gasteiger partial charge in [0.15, 0.2) is 0 Å². The molecule has 0 N–H and O–H groups in total. The highest BCUT2D eigenvalue weighted by Gasteiger charge is 2.10. The molecule has 0 unspecified atom stereocenters. The number of benzene rings is 3. The maximum Gasteiger partial charge on any atom is 0.0361 e. The van der Waals surface area contributed by atoms with Gasteiger partial charge in [-0.15, -0.1) is 0 Å². The largest absolute Gasteiger partial charge is 0.378 e. The summed E-state index contributed by atoms with van der Waals surface area (Å²) < 4.78 is 0. The van der Waals surface area contributed by atoms with E-state index in [1.165, 1.54) is 33.6 Å². The predicted molar refractivity (Wildman–Crippen MR) is 126 cm³/mol. The molecule has 3 rings (SSSR count). The van der Waals surface area contributed by atoms with Gasteiger partial charge < -0.3 is 9.80 Å². The number of hydrogen-bond acceptors (Lipinski definition) is 3. The van der Waals surface area contributed by atoms with Crippen molar-refractivity contribution in [3.05, 3.63) is 95.1 Å². The highest BCUT2D eigenvalue weighted by atomic mass is 15.1. The van der Waals surface area contributed by atoms with E-state index in [9.17, 15) is 0 Å². The van der Waals surface area contributed by atoms with Gasteiger partial charge in [0.05, 0.1) is 0 Å². The second-order valence-corrected chi connectivity index (χ2v) is 8.25. The van der Waals surface area contributed by atoms with Crippen LogP contribution >= 0.6 is 0 Å². The van der Waals surface area contributed by atoms with Crippen LogP contribution < -0.4 is 9.80 Å². The fourth-order valence-electron chi connectivity index (χ4n) is 3.43. The molecular weight excluding hydrogens is 354 g/mol. The van der Waals surface area contributed by atoms with Crippen LogP contribution in [0.2, 0.25) is 0 Å². The number of nitrogens with zero attached hydrogens (tertiary/aromatic N) is 3. The summed E-state index contributed by atoms with van der Waals surface area (Å²) >= 11 is 0. The van der Waals surface area contributed by atoms with Gasteiger partial charge in [-0.05, 0) is 47.9 Å². The van der Waals surface area contributed by atoms with Crippen molar-refractivity contribution in [2.24, 2.45) is 0 Å². The number of rotatable bonds is 8. The minimum Gasteiger partial charge on any atom is -0.378 e. The van der Waals surface area contributed by atoms with E-state index in [1.54, 1.807) is 0 Å². The number of anilines is 2. The standard InChI is InChI=1S/C26H33N3/c1-21-6-8-22(9-7-21)18-29(19-23-10-14-25(15-11-23)27(2)3)20-24-12-16-26(17-13-24)28(4)5/h6-17H,18-20H2,1-5H3. The van der Waals surface area contributed by atoms with E-state index in [4.69, 9.17) is 0 Å². The third kappa shape index (κ3) is 6.10. The van der Waals surface area contributed by atoms with E-state index < -0.39 is 0 Å². The number of aryl methyl sites for hydroxylation is 1. The Hall–Kier alpha value is -2.78. The molecule has 3 heteroatoms. The zero-order valence-corrected chi connectivity index (χ0v) is 18.4. The average Bonchev–Trinajstić information content (AvgIpc) is 2.70. The molecule has 3 aromatic rings. The van der Waals surface area contributed by atoms with E-state index >= 15 is 0 Å². The van der Waals surface area contributed by atoms with Crippen molar-refractivity contribution in [2.75, 3.05) is 38.0 Å². The smallest absolute Gasteiger partial charge is 0.0361 e. The van der Waals surface area contributed by atoms with E-state index in [-0.39, 0.29) is 0 Å². The van der Waals surface area contributed by atoms with Crippen molar-refractivity contribution in [3.8, 4) is 0 Å². The lowest BCUT2D eigenvalue weighted by Gasteiger charge is -2.24. The van der Waals surface area contributed by atoms with Crippen molar-refractivity contribution < 1.29 is 0 Å². The zero-order chi connectivity index (χ0) is 20.8. The first-order valence-corrected chi connectivity index (χ1v) is 10.2. The van der Waals surface area contributed by atoms with Gasteiger partial charge in [-0.1, -0.05) is 54.1 Å². The molecule has 0 aliphatic carbocycles. The fourth-order valence-corrected chi connectivity index (χ4v) is 3.43. The van der Waals surface area contributed by atoms with Gasteiger partial charge in [0.2, 0.25) is 0 Å². The van der Waals surface area contributed by atoms with Crippen molar-refractivity contribution in [2.45, 2.75) is 26.6 Å². The van der Waals surface area contributed by atoms with E-state index in [2.05, 4.69) is 123 Å². The quantitative estimate of drug-likeness (QED) is 0.517. The van der Waals surface area contributed by atoms with E-state index in [0.29, 0.717) is 0 Å². The molecule has 0 aliphatic rings. The van der Waals surface area contributed by atoms with Crippen molar-refractivity contribution in [1.29, 1.82) is 0 Å². The summed E-state index contributed by atoms with van der Waals surface area (Å²) in [5.74, 6) is 0. The van der Waals surface area contributed by atoms with Crippen LogP contribution in [0, 0.1) is 6.92 Å². The molecule has 0 saturated heterocycles. The maximum atomic E-state index is 2.51. The van der Waals surface area contributed by atoms with Crippen LogP contribution in [0.15, 0.2) is 72.8 Å². The van der Waals surface area contributed by atoms with E-state index in [1.807, 2.05) is 0 Å². The Morgan fingerprint density at radius 3 is 1.10 bits per heavy atom. The summed E-state index contributed by atoms with van der Waals surface area (Å²) in [5, 5.41) is 0. The summed E-state index contributed by atoms with van der Waals surface area (Å²) in [7, 11) is 8.32. The van der Waals surface area contributed by atoms with Crippen molar-refractivity contribution in [3.63, 3.8) is 0 Å². The highest BCUT2D eigenvalue weighted by molar-refractivity contribution is 5.47. The lowest BCUT2D eigenvalue weighted by atomic mass is 10.1. The normalized spacial score (nSPS) is 11.0. The first-order chi connectivity index (χ1) is 13.9. The van der Waals surface area contributed by atoms with Gasteiger partial charge in [-0.25, -0.2) is 0 Å². The molecule has 0 radical (unpaired) electrons. The average molecular weight is 388 g/mol. The molecule has 0 bridgehead atoms. The summed E-state index contributed by atoms with van der Waals surface area (Å²) in [6.07, 6.45) is 0. The maximum absolute atomic E-state index is 2.51. The molecule has 3 nitrogen and oxygen atoms in total.